The standard InChI is InChI=1S/C17H14N2O3S2/c1-21-12-5-6-13(14(9-12)22-2)19-16(20)15(24-17(19)23)8-11-4-3-7-18-10-11/h3-10H,1-2H3/b15-8+. The zero-order chi connectivity index (χ0) is 17.1. The predicted molar refractivity (Wildman–Crippen MR) is 99.4 cm³/mol. The molecule has 2 aromatic rings. The van der Waals surface area contributed by atoms with E-state index in [2.05, 4.69) is 4.98 Å². The van der Waals surface area contributed by atoms with Gasteiger partial charge in [-0.1, -0.05) is 30.0 Å². The summed E-state index contributed by atoms with van der Waals surface area (Å²) in [4.78, 5) is 18.9. The fourth-order valence-corrected chi connectivity index (χ4v) is 3.54. The average molecular weight is 358 g/mol. The number of ether oxygens (including phenoxy) is 2. The van der Waals surface area contributed by atoms with Gasteiger partial charge in [0.25, 0.3) is 5.91 Å². The molecule has 7 heteroatoms. The van der Waals surface area contributed by atoms with Crippen molar-refractivity contribution in [3.05, 3.63) is 53.2 Å². The molecule has 1 aromatic carbocycles. The molecule has 0 radical (unpaired) electrons. The molecule has 122 valence electrons. The van der Waals surface area contributed by atoms with E-state index in [9.17, 15) is 4.79 Å². The maximum Gasteiger partial charge on any atom is 0.270 e. The number of nitrogens with zero attached hydrogens (tertiary/aromatic N) is 2. The minimum atomic E-state index is -0.183. The summed E-state index contributed by atoms with van der Waals surface area (Å²) in [7, 11) is 3.12. The van der Waals surface area contributed by atoms with E-state index in [-0.39, 0.29) is 5.91 Å². The first-order chi connectivity index (χ1) is 11.6. The van der Waals surface area contributed by atoms with Gasteiger partial charge in [0, 0.05) is 18.5 Å². The lowest BCUT2D eigenvalue weighted by molar-refractivity contribution is -0.113. The molecule has 0 unspecified atom stereocenters. The van der Waals surface area contributed by atoms with Gasteiger partial charge in [0.2, 0.25) is 0 Å². The molecule has 1 saturated heterocycles. The Morgan fingerprint density at radius 3 is 2.75 bits per heavy atom. The summed E-state index contributed by atoms with van der Waals surface area (Å²) >= 11 is 6.64. The van der Waals surface area contributed by atoms with Crippen LogP contribution in [-0.2, 0) is 4.79 Å². The van der Waals surface area contributed by atoms with E-state index in [1.165, 1.54) is 16.7 Å². The molecule has 1 amide bonds. The van der Waals surface area contributed by atoms with E-state index in [1.807, 2.05) is 12.1 Å². The number of hydrogen-bond acceptors (Lipinski definition) is 6. The number of hydrogen-bond donors (Lipinski definition) is 0. The molecule has 1 aliphatic heterocycles. The van der Waals surface area contributed by atoms with Crippen molar-refractivity contribution in [2.24, 2.45) is 0 Å². The Morgan fingerprint density at radius 1 is 1.25 bits per heavy atom. The lowest BCUT2D eigenvalue weighted by Gasteiger charge is -2.18. The van der Waals surface area contributed by atoms with Crippen molar-refractivity contribution < 1.29 is 14.3 Å². The van der Waals surface area contributed by atoms with Gasteiger partial charge in [0.1, 0.15) is 11.5 Å². The van der Waals surface area contributed by atoms with Gasteiger partial charge >= 0.3 is 0 Å². The Bertz CT molecular complexity index is 822. The van der Waals surface area contributed by atoms with Gasteiger partial charge in [-0.15, -0.1) is 0 Å². The zero-order valence-electron chi connectivity index (χ0n) is 13.1. The number of methoxy groups -OCH3 is 2. The number of amides is 1. The van der Waals surface area contributed by atoms with Gasteiger partial charge in [-0.3, -0.25) is 14.7 Å². The number of aromatic nitrogens is 1. The minimum Gasteiger partial charge on any atom is -0.497 e. The molecule has 0 atom stereocenters. The molecule has 1 aromatic heterocycles. The van der Waals surface area contributed by atoms with Gasteiger partial charge in [-0.05, 0) is 29.8 Å². The van der Waals surface area contributed by atoms with Crippen LogP contribution in [0.15, 0.2) is 47.6 Å². The fraction of sp³-hybridized carbons (Fsp3) is 0.118. The zero-order valence-corrected chi connectivity index (χ0v) is 14.7. The molecule has 0 bridgehead atoms. The Morgan fingerprint density at radius 2 is 2.08 bits per heavy atom. The van der Waals surface area contributed by atoms with E-state index in [0.29, 0.717) is 26.4 Å². The molecule has 2 heterocycles. The van der Waals surface area contributed by atoms with Crippen LogP contribution in [0.1, 0.15) is 5.56 Å². The van der Waals surface area contributed by atoms with E-state index >= 15 is 0 Å². The number of thiocarbonyl (C=S) groups is 1. The summed E-state index contributed by atoms with van der Waals surface area (Å²) in [6.07, 6.45) is 5.16. The summed E-state index contributed by atoms with van der Waals surface area (Å²) in [5, 5.41) is 0. The molecule has 1 fully saturated rings. The van der Waals surface area contributed by atoms with Crippen LogP contribution in [0.3, 0.4) is 0 Å². The quantitative estimate of drug-likeness (QED) is 0.616. The number of rotatable bonds is 4. The van der Waals surface area contributed by atoms with Crippen LogP contribution in [0.2, 0.25) is 0 Å². The number of pyridine rings is 1. The predicted octanol–water partition coefficient (Wildman–Crippen LogP) is 3.50. The Kier molecular flexibility index (Phi) is 4.82. The van der Waals surface area contributed by atoms with Crippen molar-refractivity contribution >= 4 is 46.0 Å². The van der Waals surface area contributed by atoms with Crippen LogP contribution < -0.4 is 14.4 Å². The summed E-state index contributed by atoms with van der Waals surface area (Å²) in [6, 6.07) is 8.95. The highest BCUT2D eigenvalue weighted by Crippen LogP contribution is 2.41. The number of thioether (sulfide) groups is 1. The monoisotopic (exact) mass is 358 g/mol. The third-order valence-corrected chi connectivity index (χ3v) is 4.71. The molecule has 5 nitrogen and oxygen atoms in total. The van der Waals surface area contributed by atoms with Crippen molar-refractivity contribution in [1.82, 2.24) is 4.98 Å². The van der Waals surface area contributed by atoms with Crippen LogP contribution in [0, 0.1) is 0 Å². The van der Waals surface area contributed by atoms with Crippen molar-refractivity contribution in [2.45, 2.75) is 0 Å². The lowest BCUT2D eigenvalue weighted by Crippen LogP contribution is -2.27. The largest absolute Gasteiger partial charge is 0.497 e. The Hall–Kier alpha value is -2.38. The van der Waals surface area contributed by atoms with Gasteiger partial charge in [-0.25, -0.2) is 0 Å². The van der Waals surface area contributed by atoms with Crippen molar-refractivity contribution in [3.8, 4) is 11.5 Å². The van der Waals surface area contributed by atoms with Gasteiger partial charge < -0.3 is 9.47 Å². The molecule has 24 heavy (non-hydrogen) atoms. The first-order valence-electron chi connectivity index (χ1n) is 7.04. The molecular weight excluding hydrogens is 344 g/mol. The number of carbonyl (C=O) groups excluding carboxylic acids is 1. The fourth-order valence-electron chi connectivity index (χ4n) is 2.26. The summed E-state index contributed by atoms with van der Waals surface area (Å²) in [5.74, 6) is 0.984. The van der Waals surface area contributed by atoms with Gasteiger partial charge in [0.15, 0.2) is 4.32 Å². The number of benzene rings is 1. The Labute approximate surface area is 149 Å². The Balaban J connectivity index is 1.97. The maximum atomic E-state index is 12.8. The van der Waals surface area contributed by atoms with Crippen LogP contribution in [0.4, 0.5) is 5.69 Å². The molecule has 1 aliphatic rings. The normalized spacial score (nSPS) is 15.9. The number of carbonyl (C=O) groups is 1. The minimum absolute atomic E-state index is 0.183. The number of anilines is 1. The van der Waals surface area contributed by atoms with E-state index in [1.54, 1.807) is 50.9 Å². The SMILES string of the molecule is COc1ccc(N2C(=O)/C(=C\c3cccnc3)SC2=S)c(OC)c1. The lowest BCUT2D eigenvalue weighted by atomic mass is 10.2. The van der Waals surface area contributed by atoms with Crippen molar-refractivity contribution in [1.29, 1.82) is 0 Å². The molecule has 3 rings (SSSR count). The first kappa shape index (κ1) is 16.5. The summed E-state index contributed by atoms with van der Waals surface area (Å²) < 4.78 is 11.0. The smallest absolute Gasteiger partial charge is 0.270 e. The second kappa shape index (κ2) is 7.02. The topological polar surface area (TPSA) is 51.7 Å². The van der Waals surface area contributed by atoms with E-state index in [4.69, 9.17) is 21.7 Å². The third-order valence-electron chi connectivity index (χ3n) is 3.40. The molecular formula is C17H14N2O3S2. The van der Waals surface area contributed by atoms with Crippen LogP contribution >= 0.6 is 24.0 Å². The second-order valence-electron chi connectivity index (χ2n) is 4.84. The average Bonchev–Trinajstić information content (AvgIpc) is 2.89. The highest BCUT2D eigenvalue weighted by atomic mass is 32.2. The molecule has 0 saturated carbocycles. The van der Waals surface area contributed by atoms with E-state index in [0.717, 1.165) is 5.56 Å². The van der Waals surface area contributed by atoms with Gasteiger partial charge in [0.05, 0.1) is 24.8 Å². The third kappa shape index (κ3) is 3.13. The molecule has 0 aliphatic carbocycles. The summed E-state index contributed by atoms with van der Waals surface area (Å²) in [5.41, 5.74) is 1.44. The first-order valence-corrected chi connectivity index (χ1v) is 8.26. The van der Waals surface area contributed by atoms with Crippen LogP contribution in [-0.4, -0.2) is 29.4 Å². The highest BCUT2D eigenvalue weighted by Gasteiger charge is 2.35. The maximum absolute atomic E-state index is 12.8. The van der Waals surface area contributed by atoms with Gasteiger partial charge in [-0.2, -0.15) is 0 Å². The summed E-state index contributed by atoms with van der Waals surface area (Å²) in [6.45, 7) is 0. The van der Waals surface area contributed by atoms with Crippen molar-refractivity contribution in [2.75, 3.05) is 19.1 Å². The second-order valence-corrected chi connectivity index (χ2v) is 6.52. The van der Waals surface area contributed by atoms with Crippen LogP contribution in [0.25, 0.3) is 6.08 Å². The van der Waals surface area contributed by atoms with Crippen LogP contribution in [0.5, 0.6) is 11.5 Å². The van der Waals surface area contributed by atoms with E-state index < -0.39 is 0 Å². The molecule has 0 N–H and O–H groups in total. The highest BCUT2D eigenvalue weighted by molar-refractivity contribution is 8.27. The molecule has 0 spiro atoms. The van der Waals surface area contributed by atoms with Crippen molar-refractivity contribution in [3.63, 3.8) is 0 Å².